The van der Waals surface area contributed by atoms with E-state index in [4.69, 9.17) is 16.0 Å². The second kappa shape index (κ2) is 9.95. The van der Waals surface area contributed by atoms with Crippen LogP contribution in [-0.2, 0) is 4.79 Å². The van der Waals surface area contributed by atoms with E-state index in [1.54, 1.807) is 49.4 Å². The Balaban J connectivity index is 1.64. The van der Waals surface area contributed by atoms with Crippen LogP contribution in [0.2, 0.25) is 5.02 Å². The molecule has 1 aromatic heterocycles. The number of aromatic nitrogens is 1. The molecule has 3 aromatic carbocycles. The van der Waals surface area contributed by atoms with Gasteiger partial charge < -0.3 is 14.6 Å². The molecule has 2 heterocycles. The molecule has 0 bridgehead atoms. The molecule has 1 N–H and O–H groups in total. The number of fused-ring (bicyclic) bond motifs is 1. The summed E-state index contributed by atoms with van der Waals surface area (Å²) in [7, 11) is 3.93. The lowest BCUT2D eigenvalue weighted by Crippen LogP contribution is -2.40. The van der Waals surface area contributed by atoms with Crippen molar-refractivity contribution in [1.82, 2.24) is 4.57 Å². The number of allylic oxidation sites excluding steroid dienone is 1. The van der Waals surface area contributed by atoms with Gasteiger partial charge in [-0.3, -0.25) is 9.59 Å². The molecule has 1 amide bonds. The highest BCUT2D eigenvalue weighted by atomic mass is 35.5. The van der Waals surface area contributed by atoms with Gasteiger partial charge in [-0.15, -0.1) is 0 Å². The van der Waals surface area contributed by atoms with E-state index in [9.17, 15) is 9.59 Å². The number of rotatable bonds is 5. The maximum atomic E-state index is 13.7. The summed E-state index contributed by atoms with van der Waals surface area (Å²) in [5.41, 5.74) is 3.90. The van der Waals surface area contributed by atoms with Crippen LogP contribution >= 0.6 is 11.6 Å². The molecular weight excluding hydrogens is 488 g/mol. The molecule has 0 spiro atoms. The first-order valence-electron chi connectivity index (χ1n) is 11.7. The lowest BCUT2D eigenvalue weighted by atomic mass is 9.95. The predicted molar refractivity (Wildman–Crippen MR) is 145 cm³/mol. The molecule has 1 atom stereocenters. The van der Waals surface area contributed by atoms with Gasteiger partial charge in [-0.2, -0.15) is 0 Å². The number of hydrogen-bond acceptors (Lipinski definition) is 5. The number of hydrogen-bond donors (Lipinski definition) is 1. The summed E-state index contributed by atoms with van der Waals surface area (Å²) in [4.78, 5) is 33.7. The smallest absolute Gasteiger partial charge is 0.306 e. The van der Waals surface area contributed by atoms with Crippen LogP contribution in [-0.4, -0.2) is 24.6 Å². The van der Waals surface area contributed by atoms with Crippen molar-refractivity contribution < 1.29 is 9.21 Å². The highest BCUT2D eigenvalue weighted by Gasteiger charge is 2.33. The van der Waals surface area contributed by atoms with Gasteiger partial charge in [0.1, 0.15) is 0 Å². The highest BCUT2D eigenvalue weighted by molar-refractivity contribution is 6.30. The van der Waals surface area contributed by atoms with Crippen LogP contribution in [0.15, 0.2) is 104 Å². The van der Waals surface area contributed by atoms with Crippen LogP contribution in [0.4, 0.5) is 11.4 Å². The van der Waals surface area contributed by atoms with E-state index in [0.29, 0.717) is 27.5 Å². The van der Waals surface area contributed by atoms with Crippen molar-refractivity contribution in [2.45, 2.75) is 13.0 Å². The molecule has 0 saturated carbocycles. The minimum absolute atomic E-state index is 0.132. The van der Waals surface area contributed by atoms with E-state index in [1.807, 2.05) is 61.5 Å². The van der Waals surface area contributed by atoms with Gasteiger partial charge >= 0.3 is 5.68 Å². The van der Waals surface area contributed by atoms with E-state index in [1.165, 1.54) is 4.57 Å². The van der Waals surface area contributed by atoms with Gasteiger partial charge in [0.15, 0.2) is 5.42 Å². The first-order valence-corrected chi connectivity index (χ1v) is 12.1. The van der Waals surface area contributed by atoms with Gasteiger partial charge in [0.05, 0.1) is 17.3 Å². The second-order valence-electron chi connectivity index (χ2n) is 8.94. The third-order valence-corrected chi connectivity index (χ3v) is 6.44. The van der Waals surface area contributed by atoms with Crippen molar-refractivity contribution in [2.24, 2.45) is 4.99 Å². The average Bonchev–Trinajstić information content (AvgIpc) is 3.18. The molecule has 7 nitrogen and oxygen atoms in total. The number of para-hydroxylation sites is 1. The van der Waals surface area contributed by atoms with Gasteiger partial charge in [0.2, 0.25) is 0 Å². The van der Waals surface area contributed by atoms with Gasteiger partial charge in [0.25, 0.3) is 11.5 Å². The molecule has 37 heavy (non-hydrogen) atoms. The quantitative estimate of drug-likeness (QED) is 0.436. The van der Waals surface area contributed by atoms with Crippen LogP contribution in [0.3, 0.4) is 0 Å². The molecule has 1 unspecified atom stereocenters. The maximum Gasteiger partial charge on any atom is 0.306 e. The van der Waals surface area contributed by atoms with E-state index >= 15 is 0 Å². The Kier molecular flexibility index (Phi) is 6.54. The molecule has 5 rings (SSSR count). The number of anilines is 2. The molecule has 1 aliphatic heterocycles. The van der Waals surface area contributed by atoms with E-state index in [0.717, 1.165) is 11.3 Å². The van der Waals surface area contributed by atoms with E-state index in [-0.39, 0.29) is 22.6 Å². The summed E-state index contributed by atoms with van der Waals surface area (Å²) in [6.45, 7) is 1.74. The Morgan fingerprint density at radius 1 is 1.03 bits per heavy atom. The summed E-state index contributed by atoms with van der Waals surface area (Å²) in [5.74, 6) is -0.351. The number of carbonyl (C=O) groups is 1. The fraction of sp³-hybridized carbons (Fsp3) is 0.138. The Morgan fingerprint density at radius 3 is 2.35 bits per heavy atom. The molecule has 0 fully saturated rings. The molecule has 0 saturated heterocycles. The van der Waals surface area contributed by atoms with Gasteiger partial charge in [-0.05, 0) is 60.5 Å². The first kappa shape index (κ1) is 24.3. The molecule has 0 radical (unpaired) electrons. The highest BCUT2D eigenvalue weighted by Crippen LogP contribution is 2.31. The number of nitrogens with one attached hydrogen (secondary N) is 1. The van der Waals surface area contributed by atoms with Gasteiger partial charge in [0, 0.05) is 30.5 Å². The Hall–Kier alpha value is -4.36. The lowest BCUT2D eigenvalue weighted by Gasteiger charge is -2.24. The average molecular weight is 513 g/mol. The molecule has 4 aromatic rings. The number of benzene rings is 3. The minimum atomic E-state index is -0.747. The largest absolute Gasteiger partial charge is 0.419 e. The lowest BCUT2D eigenvalue weighted by molar-refractivity contribution is -0.113. The van der Waals surface area contributed by atoms with Crippen LogP contribution in [0.5, 0.6) is 0 Å². The van der Waals surface area contributed by atoms with Crippen molar-refractivity contribution in [3.05, 3.63) is 128 Å². The SMILES string of the molecule is CC1=C(C(=O)Nc2ccccc2)C(c2ccc(Cl)cc2)n2c(o/c(=C\c3ccc(N(C)C)cc3)c2=O)=N1. The van der Waals surface area contributed by atoms with Crippen molar-refractivity contribution >= 4 is 35.0 Å². The van der Waals surface area contributed by atoms with Crippen LogP contribution in [0.1, 0.15) is 24.1 Å². The zero-order valence-electron chi connectivity index (χ0n) is 20.6. The molecule has 186 valence electrons. The van der Waals surface area contributed by atoms with Crippen LogP contribution in [0, 0.1) is 0 Å². The summed E-state index contributed by atoms with van der Waals surface area (Å²) >= 11 is 6.14. The Labute approximate surface area is 218 Å². The maximum absolute atomic E-state index is 13.7. The van der Waals surface area contributed by atoms with Crippen molar-refractivity contribution in [2.75, 3.05) is 24.3 Å². The van der Waals surface area contributed by atoms with Crippen molar-refractivity contribution in [1.29, 1.82) is 0 Å². The standard InChI is InChI=1S/C29H25ClN4O3/c1-18-25(27(35)32-22-7-5-4-6-8-22)26(20-11-13-21(30)14-12-20)34-28(36)24(37-29(34)31-18)17-19-9-15-23(16-10-19)33(2)3/h4-17,26H,1-3H3,(H,32,35)/b24-17-. The first-order chi connectivity index (χ1) is 17.8. The van der Waals surface area contributed by atoms with E-state index < -0.39 is 6.04 Å². The van der Waals surface area contributed by atoms with Crippen LogP contribution < -0.4 is 26.9 Å². The monoisotopic (exact) mass is 512 g/mol. The fourth-order valence-corrected chi connectivity index (χ4v) is 4.44. The van der Waals surface area contributed by atoms with Crippen LogP contribution in [0.25, 0.3) is 6.08 Å². The summed E-state index contributed by atoms with van der Waals surface area (Å²) in [6.07, 6.45) is 1.68. The van der Waals surface area contributed by atoms with Gasteiger partial charge in [-0.1, -0.05) is 54.1 Å². The van der Waals surface area contributed by atoms with Crippen molar-refractivity contribution in [3.63, 3.8) is 0 Å². The number of amides is 1. The normalized spacial score (nSPS) is 15.2. The topological polar surface area (TPSA) is 79.8 Å². The molecular formula is C29H25ClN4O3. The molecule has 0 aliphatic carbocycles. The number of nitrogens with zero attached hydrogens (tertiary/aromatic N) is 3. The predicted octanol–water partition coefficient (Wildman–Crippen LogP) is 4.12. The Morgan fingerprint density at radius 2 is 1.70 bits per heavy atom. The summed E-state index contributed by atoms with van der Waals surface area (Å²) in [6, 6.07) is 23.2. The zero-order chi connectivity index (χ0) is 26.1. The fourth-order valence-electron chi connectivity index (χ4n) is 4.31. The number of oxazole rings is 1. The molecule has 1 aliphatic rings. The number of carbonyl (C=O) groups excluding carboxylic acids is 1. The minimum Gasteiger partial charge on any atom is -0.419 e. The summed E-state index contributed by atoms with van der Waals surface area (Å²) in [5, 5.41) is 3.47. The zero-order valence-corrected chi connectivity index (χ0v) is 21.4. The second-order valence-corrected chi connectivity index (χ2v) is 9.38. The Bertz CT molecular complexity index is 1670. The molecule has 8 heteroatoms. The third-order valence-electron chi connectivity index (χ3n) is 6.19. The number of halogens is 1. The van der Waals surface area contributed by atoms with Gasteiger partial charge in [-0.25, -0.2) is 9.56 Å². The third kappa shape index (κ3) is 4.86. The van der Waals surface area contributed by atoms with E-state index in [2.05, 4.69) is 10.3 Å². The summed E-state index contributed by atoms with van der Waals surface area (Å²) < 4.78 is 7.36. The van der Waals surface area contributed by atoms with Crippen molar-refractivity contribution in [3.8, 4) is 0 Å².